The standard InChI is InChI=1S/C15H14N2O3/c1-10-4-2-5-11(8-10)15(20)17-16-9-12-6-3-7-13(18)14(12)19/h2-9,18-19H,1H3,(H,17,20)/b16-9+. The molecule has 102 valence electrons. The molecule has 0 aliphatic carbocycles. The predicted octanol–water partition coefficient (Wildman–Crippen LogP) is 2.17. The molecule has 20 heavy (non-hydrogen) atoms. The van der Waals surface area contributed by atoms with Crippen molar-refractivity contribution in [3.8, 4) is 11.5 Å². The number of benzene rings is 2. The van der Waals surface area contributed by atoms with E-state index in [-0.39, 0.29) is 17.4 Å². The fourth-order valence-corrected chi connectivity index (χ4v) is 1.66. The van der Waals surface area contributed by atoms with Gasteiger partial charge in [-0.1, -0.05) is 23.8 Å². The lowest BCUT2D eigenvalue weighted by molar-refractivity contribution is 0.0955. The number of amides is 1. The van der Waals surface area contributed by atoms with Gasteiger partial charge < -0.3 is 10.2 Å². The first kappa shape index (κ1) is 13.6. The number of phenols is 2. The van der Waals surface area contributed by atoms with Gasteiger partial charge in [0.15, 0.2) is 11.5 Å². The maximum atomic E-state index is 11.8. The van der Waals surface area contributed by atoms with Crippen molar-refractivity contribution in [1.82, 2.24) is 5.43 Å². The van der Waals surface area contributed by atoms with Crippen LogP contribution in [-0.2, 0) is 0 Å². The smallest absolute Gasteiger partial charge is 0.271 e. The molecule has 2 rings (SSSR count). The van der Waals surface area contributed by atoms with Crippen molar-refractivity contribution in [3.05, 3.63) is 59.2 Å². The van der Waals surface area contributed by atoms with Crippen LogP contribution in [0.15, 0.2) is 47.6 Å². The van der Waals surface area contributed by atoms with Gasteiger partial charge in [0.25, 0.3) is 5.91 Å². The van der Waals surface area contributed by atoms with E-state index in [0.29, 0.717) is 11.1 Å². The number of carbonyl (C=O) groups excluding carboxylic acids is 1. The van der Waals surface area contributed by atoms with Crippen molar-refractivity contribution in [2.45, 2.75) is 6.92 Å². The molecule has 0 radical (unpaired) electrons. The summed E-state index contributed by atoms with van der Waals surface area (Å²) < 4.78 is 0. The van der Waals surface area contributed by atoms with Crippen molar-refractivity contribution in [2.75, 3.05) is 0 Å². The highest BCUT2D eigenvalue weighted by Crippen LogP contribution is 2.26. The molecule has 0 saturated heterocycles. The molecule has 2 aromatic carbocycles. The van der Waals surface area contributed by atoms with Crippen LogP contribution in [0.25, 0.3) is 0 Å². The summed E-state index contributed by atoms with van der Waals surface area (Å²) >= 11 is 0. The largest absolute Gasteiger partial charge is 0.504 e. The van der Waals surface area contributed by atoms with E-state index in [1.54, 1.807) is 30.3 Å². The zero-order chi connectivity index (χ0) is 14.5. The quantitative estimate of drug-likeness (QED) is 0.454. The molecule has 0 saturated carbocycles. The molecule has 0 fully saturated rings. The van der Waals surface area contributed by atoms with E-state index in [2.05, 4.69) is 10.5 Å². The molecule has 0 unspecified atom stereocenters. The summed E-state index contributed by atoms with van der Waals surface area (Å²) in [4.78, 5) is 11.8. The Balaban J connectivity index is 2.07. The van der Waals surface area contributed by atoms with Gasteiger partial charge >= 0.3 is 0 Å². The van der Waals surface area contributed by atoms with Crippen LogP contribution >= 0.6 is 0 Å². The second-order valence-corrected chi connectivity index (χ2v) is 4.28. The van der Waals surface area contributed by atoms with Gasteiger partial charge in [-0.05, 0) is 31.2 Å². The summed E-state index contributed by atoms with van der Waals surface area (Å²) in [5.41, 5.74) is 4.15. The van der Waals surface area contributed by atoms with E-state index in [0.717, 1.165) is 5.56 Å². The average molecular weight is 270 g/mol. The maximum Gasteiger partial charge on any atom is 0.271 e. The van der Waals surface area contributed by atoms with Gasteiger partial charge in [-0.3, -0.25) is 4.79 Å². The number of hydrogen-bond acceptors (Lipinski definition) is 4. The first-order valence-electron chi connectivity index (χ1n) is 5.99. The third-order valence-electron chi connectivity index (χ3n) is 2.70. The lowest BCUT2D eigenvalue weighted by Crippen LogP contribution is -2.17. The Hall–Kier alpha value is -2.82. The van der Waals surface area contributed by atoms with Gasteiger partial charge in [-0.25, -0.2) is 5.43 Å². The minimum atomic E-state index is -0.343. The highest BCUT2D eigenvalue weighted by atomic mass is 16.3. The van der Waals surface area contributed by atoms with Crippen LogP contribution in [0.3, 0.4) is 0 Å². The molecule has 2 aromatic rings. The van der Waals surface area contributed by atoms with Gasteiger partial charge in [-0.15, -0.1) is 0 Å². The van der Waals surface area contributed by atoms with Crippen LogP contribution in [-0.4, -0.2) is 22.3 Å². The summed E-state index contributed by atoms with van der Waals surface area (Å²) in [6.07, 6.45) is 1.27. The van der Waals surface area contributed by atoms with Crippen LogP contribution in [0, 0.1) is 6.92 Å². The Morgan fingerprint density at radius 3 is 2.70 bits per heavy atom. The lowest BCUT2D eigenvalue weighted by atomic mass is 10.1. The highest BCUT2D eigenvalue weighted by molar-refractivity contribution is 5.95. The number of nitrogens with zero attached hydrogens (tertiary/aromatic N) is 1. The molecule has 0 atom stereocenters. The minimum Gasteiger partial charge on any atom is -0.504 e. The van der Waals surface area contributed by atoms with Gasteiger partial charge in [0, 0.05) is 11.1 Å². The Bertz CT molecular complexity index is 666. The van der Waals surface area contributed by atoms with Crippen molar-refractivity contribution >= 4 is 12.1 Å². The first-order chi connectivity index (χ1) is 9.58. The molecule has 0 heterocycles. The van der Waals surface area contributed by atoms with Crippen molar-refractivity contribution in [2.24, 2.45) is 5.10 Å². The lowest BCUT2D eigenvalue weighted by Gasteiger charge is -2.02. The molecule has 3 N–H and O–H groups in total. The number of phenolic OH excluding ortho intramolecular Hbond substituents is 2. The Labute approximate surface area is 116 Å². The molecule has 0 aliphatic heterocycles. The van der Waals surface area contributed by atoms with Crippen molar-refractivity contribution in [1.29, 1.82) is 0 Å². The van der Waals surface area contributed by atoms with Crippen LogP contribution in [0.5, 0.6) is 11.5 Å². The SMILES string of the molecule is Cc1cccc(C(=O)N/N=C/c2cccc(O)c2O)c1. The maximum absolute atomic E-state index is 11.8. The van der Waals surface area contributed by atoms with Crippen LogP contribution in [0.4, 0.5) is 0 Å². The number of para-hydroxylation sites is 1. The third kappa shape index (κ3) is 3.14. The molecule has 0 aliphatic rings. The number of aromatic hydroxyl groups is 2. The summed E-state index contributed by atoms with van der Waals surface area (Å²) in [5.74, 6) is -0.857. The zero-order valence-electron chi connectivity index (χ0n) is 10.9. The number of hydrogen-bond donors (Lipinski definition) is 3. The fourth-order valence-electron chi connectivity index (χ4n) is 1.66. The van der Waals surface area contributed by atoms with Crippen molar-refractivity contribution < 1.29 is 15.0 Å². The monoisotopic (exact) mass is 270 g/mol. The molecule has 0 spiro atoms. The number of aryl methyl sites for hydroxylation is 1. The average Bonchev–Trinajstić information content (AvgIpc) is 2.43. The van der Waals surface area contributed by atoms with Crippen molar-refractivity contribution in [3.63, 3.8) is 0 Å². The van der Waals surface area contributed by atoms with E-state index in [4.69, 9.17) is 0 Å². The second-order valence-electron chi connectivity index (χ2n) is 4.28. The Morgan fingerprint density at radius 1 is 1.20 bits per heavy atom. The third-order valence-corrected chi connectivity index (χ3v) is 2.70. The van der Waals surface area contributed by atoms with Gasteiger partial charge in [0.2, 0.25) is 0 Å². The molecular formula is C15H14N2O3. The van der Waals surface area contributed by atoms with Crippen LogP contribution in [0.1, 0.15) is 21.5 Å². The van der Waals surface area contributed by atoms with E-state index >= 15 is 0 Å². The van der Waals surface area contributed by atoms with E-state index in [1.165, 1.54) is 12.3 Å². The summed E-state index contributed by atoms with van der Waals surface area (Å²) in [5, 5.41) is 22.6. The first-order valence-corrected chi connectivity index (χ1v) is 5.99. The highest BCUT2D eigenvalue weighted by Gasteiger charge is 2.05. The van der Waals surface area contributed by atoms with Gasteiger partial charge in [-0.2, -0.15) is 5.10 Å². The van der Waals surface area contributed by atoms with E-state index < -0.39 is 0 Å². The Morgan fingerprint density at radius 2 is 1.95 bits per heavy atom. The topological polar surface area (TPSA) is 81.9 Å². The van der Waals surface area contributed by atoms with Gasteiger partial charge in [0.1, 0.15) is 0 Å². The number of rotatable bonds is 3. The van der Waals surface area contributed by atoms with Crippen LogP contribution < -0.4 is 5.43 Å². The molecular weight excluding hydrogens is 256 g/mol. The number of nitrogens with one attached hydrogen (secondary N) is 1. The summed E-state index contributed by atoms with van der Waals surface area (Å²) in [6.45, 7) is 1.89. The fraction of sp³-hybridized carbons (Fsp3) is 0.0667. The van der Waals surface area contributed by atoms with E-state index in [1.807, 2.05) is 13.0 Å². The van der Waals surface area contributed by atoms with Gasteiger partial charge in [0.05, 0.1) is 6.21 Å². The molecule has 0 bridgehead atoms. The predicted molar refractivity (Wildman–Crippen MR) is 76.0 cm³/mol. The van der Waals surface area contributed by atoms with Crippen LogP contribution in [0.2, 0.25) is 0 Å². The summed E-state index contributed by atoms with van der Waals surface area (Å²) in [6, 6.07) is 11.6. The zero-order valence-corrected chi connectivity index (χ0v) is 10.9. The molecule has 5 heteroatoms. The molecule has 0 aromatic heterocycles. The summed E-state index contributed by atoms with van der Waals surface area (Å²) in [7, 11) is 0. The Kier molecular flexibility index (Phi) is 4.00. The number of carbonyl (C=O) groups is 1. The molecule has 5 nitrogen and oxygen atoms in total. The van der Waals surface area contributed by atoms with E-state index in [9.17, 15) is 15.0 Å². The second kappa shape index (κ2) is 5.88. The number of hydrazone groups is 1. The normalized spacial score (nSPS) is 10.7. The minimum absolute atomic E-state index is 0.237. The molecule has 1 amide bonds.